The molecule has 0 saturated carbocycles. The lowest BCUT2D eigenvalue weighted by Crippen LogP contribution is -2.75. The maximum Gasteiger partial charge on any atom is 0.508 e. The van der Waals surface area contributed by atoms with Crippen LogP contribution < -0.4 is 10.1 Å². The molecule has 16 heteroatoms. The molecule has 2 amide bonds. The molecule has 1 aliphatic heterocycles. The molecule has 2 rings (SSSR count). The first-order valence-corrected chi connectivity index (χ1v) is 10.3. The minimum absolute atomic E-state index is 0.296. The lowest BCUT2D eigenvalue weighted by Gasteiger charge is -2.46. The lowest BCUT2D eigenvalue weighted by molar-refractivity contribution is -0.219. The van der Waals surface area contributed by atoms with Crippen LogP contribution in [0.5, 0.6) is 5.75 Å². The van der Waals surface area contributed by atoms with Gasteiger partial charge in [0, 0.05) is 0 Å². The number of rotatable bonds is 10. The topological polar surface area (TPSA) is 178 Å². The first kappa shape index (κ1) is 27.2. The molecular formula is C18H17Cl3N2O11. The quantitative estimate of drug-likeness (QED) is 0.208. The molecule has 0 aromatic heterocycles. The number of carbonyl (C=O) groups is 5. The first-order chi connectivity index (χ1) is 15.9. The van der Waals surface area contributed by atoms with Gasteiger partial charge in [-0.1, -0.05) is 53.0 Å². The molecule has 1 aromatic carbocycles. The number of alkyl halides is 3. The van der Waals surface area contributed by atoms with E-state index in [4.69, 9.17) is 49.4 Å². The Hall–Kier alpha value is -3.00. The fourth-order valence-electron chi connectivity index (χ4n) is 2.47. The Bertz CT molecular complexity index is 925. The second-order valence-corrected chi connectivity index (χ2v) is 8.94. The van der Waals surface area contributed by atoms with Crippen molar-refractivity contribution in [1.29, 1.82) is 0 Å². The van der Waals surface area contributed by atoms with Gasteiger partial charge in [-0.05, 0) is 12.1 Å². The van der Waals surface area contributed by atoms with Gasteiger partial charge in [-0.2, -0.15) is 0 Å². The average molecular weight is 544 g/mol. The Kier molecular flexibility index (Phi) is 9.55. The number of nitrogens with zero attached hydrogens (tertiary/aromatic N) is 1. The Morgan fingerprint density at radius 2 is 1.74 bits per heavy atom. The minimum atomic E-state index is -2.38. The number of likely N-dealkylation sites (tertiary alicyclic amines) is 1. The number of carbonyl (C=O) groups excluding carboxylic acids is 4. The van der Waals surface area contributed by atoms with E-state index < -0.39 is 72.0 Å². The summed E-state index contributed by atoms with van der Waals surface area (Å²) in [5, 5.41) is 20.9. The summed E-state index contributed by atoms with van der Waals surface area (Å²) in [6, 6.07) is 6.68. The van der Waals surface area contributed by atoms with Crippen LogP contribution in [0.25, 0.3) is 0 Å². The van der Waals surface area contributed by atoms with E-state index in [0.29, 0.717) is 10.6 Å². The van der Waals surface area contributed by atoms with Crippen molar-refractivity contribution in [3.8, 4) is 5.75 Å². The van der Waals surface area contributed by atoms with Crippen LogP contribution in [0.4, 0.5) is 4.79 Å². The van der Waals surface area contributed by atoms with Crippen LogP contribution >= 0.6 is 34.8 Å². The summed E-state index contributed by atoms with van der Waals surface area (Å²) in [6.45, 7) is -2.24. The monoisotopic (exact) mass is 542 g/mol. The van der Waals surface area contributed by atoms with E-state index in [1.54, 1.807) is 30.3 Å². The largest absolute Gasteiger partial charge is 0.508 e. The van der Waals surface area contributed by atoms with Gasteiger partial charge in [0.2, 0.25) is 16.2 Å². The molecule has 3 atom stereocenters. The second kappa shape index (κ2) is 11.9. The molecule has 0 aliphatic carbocycles. The summed E-state index contributed by atoms with van der Waals surface area (Å²) >= 11 is 16.2. The molecule has 3 unspecified atom stereocenters. The predicted octanol–water partition coefficient (Wildman–Crippen LogP) is 0.188. The summed E-state index contributed by atoms with van der Waals surface area (Å²) < 4.78 is 17.1. The third-order valence-corrected chi connectivity index (χ3v) is 4.23. The van der Waals surface area contributed by atoms with Gasteiger partial charge in [-0.15, -0.1) is 0 Å². The van der Waals surface area contributed by atoms with E-state index in [2.05, 4.69) is 14.8 Å². The normalized spacial score (nSPS) is 18.2. The molecule has 1 fully saturated rings. The SMILES string of the molecule is O=C(COc1ccccc1)NC1C(=O)N(C(O)C(=O)O)C1OC(=O)COC(=O)OCC(Cl)(Cl)Cl. The van der Waals surface area contributed by atoms with Gasteiger partial charge in [0.05, 0.1) is 0 Å². The zero-order chi connectivity index (χ0) is 25.5. The summed E-state index contributed by atoms with van der Waals surface area (Å²) in [5.41, 5.74) is 0. The van der Waals surface area contributed by atoms with E-state index in [1.165, 1.54) is 0 Å². The third-order valence-electron chi connectivity index (χ3n) is 3.91. The van der Waals surface area contributed by atoms with Crippen LogP contribution in [0, 0.1) is 0 Å². The number of halogens is 3. The highest BCUT2D eigenvalue weighted by atomic mass is 35.6. The van der Waals surface area contributed by atoms with Crippen molar-refractivity contribution in [2.24, 2.45) is 0 Å². The fourth-order valence-corrected chi connectivity index (χ4v) is 2.64. The van der Waals surface area contributed by atoms with E-state index in [-0.39, 0.29) is 0 Å². The Morgan fingerprint density at radius 3 is 2.32 bits per heavy atom. The standard InChI is InChI=1S/C18H17Cl3N2O11/c19-18(20,21)8-33-17(30)32-7-11(25)34-15-12(13(26)23(15)14(27)16(28)29)22-10(24)6-31-9-4-2-1-3-5-9/h1-5,12,14-15,27H,6-8H2,(H,22,24)(H,28,29). The lowest BCUT2D eigenvalue weighted by atomic mass is 10.0. The van der Waals surface area contributed by atoms with Crippen molar-refractivity contribution >= 4 is 64.7 Å². The van der Waals surface area contributed by atoms with E-state index in [1.807, 2.05) is 0 Å². The summed E-state index contributed by atoms with van der Waals surface area (Å²) in [4.78, 5) is 59.1. The number of nitrogens with one attached hydrogen (secondary N) is 1. The number of hydrogen-bond donors (Lipinski definition) is 3. The van der Waals surface area contributed by atoms with Gasteiger partial charge in [-0.3, -0.25) is 14.5 Å². The summed E-state index contributed by atoms with van der Waals surface area (Å²) in [5.74, 6) is -4.59. The van der Waals surface area contributed by atoms with Crippen molar-refractivity contribution in [3.05, 3.63) is 30.3 Å². The van der Waals surface area contributed by atoms with Gasteiger partial charge < -0.3 is 34.5 Å². The predicted molar refractivity (Wildman–Crippen MR) is 112 cm³/mol. The Morgan fingerprint density at radius 1 is 1.09 bits per heavy atom. The minimum Gasteiger partial charge on any atom is -0.484 e. The average Bonchev–Trinajstić information content (AvgIpc) is 2.78. The zero-order valence-electron chi connectivity index (χ0n) is 16.9. The fraction of sp³-hybridized carbons (Fsp3) is 0.389. The number of carboxylic acid groups (broad SMARTS) is 1. The highest BCUT2D eigenvalue weighted by molar-refractivity contribution is 6.67. The number of β-lactam (4-membered cyclic amide) rings is 1. The third kappa shape index (κ3) is 8.09. The molecule has 13 nitrogen and oxygen atoms in total. The van der Waals surface area contributed by atoms with E-state index in [0.717, 1.165) is 0 Å². The number of aliphatic hydroxyl groups excluding tert-OH is 1. The number of amides is 2. The van der Waals surface area contributed by atoms with Gasteiger partial charge in [0.25, 0.3) is 11.8 Å². The molecule has 34 heavy (non-hydrogen) atoms. The van der Waals surface area contributed by atoms with Gasteiger partial charge >= 0.3 is 18.1 Å². The molecule has 0 bridgehead atoms. The number of aliphatic carboxylic acids is 1. The number of hydrogen-bond acceptors (Lipinski definition) is 10. The molecule has 1 aromatic rings. The smallest absolute Gasteiger partial charge is 0.484 e. The molecule has 1 aliphatic rings. The van der Waals surface area contributed by atoms with Crippen molar-refractivity contribution in [3.63, 3.8) is 0 Å². The van der Waals surface area contributed by atoms with Gasteiger partial charge in [0.15, 0.2) is 19.3 Å². The van der Waals surface area contributed by atoms with Crippen molar-refractivity contribution in [1.82, 2.24) is 10.2 Å². The van der Waals surface area contributed by atoms with Crippen LogP contribution in [-0.4, -0.2) is 87.1 Å². The molecule has 186 valence electrons. The first-order valence-electron chi connectivity index (χ1n) is 9.15. The highest BCUT2D eigenvalue weighted by Crippen LogP contribution is 2.26. The Labute approximate surface area is 206 Å². The van der Waals surface area contributed by atoms with Crippen LogP contribution in [0.3, 0.4) is 0 Å². The number of ether oxygens (including phenoxy) is 4. The number of carboxylic acids is 1. The zero-order valence-corrected chi connectivity index (χ0v) is 19.2. The molecule has 3 N–H and O–H groups in total. The van der Waals surface area contributed by atoms with Crippen LogP contribution in [0.15, 0.2) is 30.3 Å². The summed E-state index contributed by atoms with van der Waals surface area (Å²) in [7, 11) is 0. The van der Waals surface area contributed by atoms with Gasteiger partial charge in [0.1, 0.15) is 12.4 Å². The highest BCUT2D eigenvalue weighted by Gasteiger charge is 2.55. The van der Waals surface area contributed by atoms with Crippen LogP contribution in [-0.2, 0) is 33.4 Å². The molecule has 0 radical (unpaired) electrons. The van der Waals surface area contributed by atoms with Crippen LogP contribution in [0.1, 0.15) is 0 Å². The number of aliphatic hydroxyl groups is 1. The number of para-hydroxylation sites is 1. The number of benzene rings is 1. The number of esters is 1. The van der Waals surface area contributed by atoms with Crippen LogP contribution in [0.2, 0.25) is 0 Å². The van der Waals surface area contributed by atoms with Crippen molar-refractivity contribution in [2.45, 2.75) is 22.3 Å². The molecule has 1 saturated heterocycles. The molecule has 0 spiro atoms. The van der Waals surface area contributed by atoms with E-state index >= 15 is 0 Å². The summed E-state index contributed by atoms with van der Waals surface area (Å²) in [6.07, 6.45) is -5.50. The maximum absolute atomic E-state index is 12.3. The van der Waals surface area contributed by atoms with E-state index in [9.17, 15) is 29.1 Å². The maximum atomic E-state index is 12.3. The molecule has 1 heterocycles. The second-order valence-electron chi connectivity index (χ2n) is 6.43. The van der Waals surface area contributed by atoms with Gasteiger partial charge in [-0.25, -0.2) is 14.4 Å². The van der Waals surface area contributed by atoms with Crippen molar-refractivity contribution in [2.75, 3.05) is 19.8 Å². The Balaban J connectivity index is 1.94. The van der Waals surface area contributed by atoms with Crippen molar-refractivity contribution < 1.29 is 53.1 Å². The molecular weight excluding hydrogens is 527 g/mol.